The SMILES string of the molecule is CCn1c(CCC(=O)Nc2ccnn2Cc2ccc(C)cc2)nc2cc(S(=O)(=O)N(C)C)ccc21. The summed E-state index contributed by atoms with van der Waals surface area (Å²) in [5.41, 5.74) is 3.73. The number of amides is 1. The molecule has 0 aliphatic carbocycles. The van der Waals surface area contributed by atoms with Gasteiger partial charge in [-0.25, -0.2) is 22.4 Å². The maximum absolute atomic E-state index is 12.7. The molecule has 0 atom stereocenters. The molecule has 0 aliphatic heterocycles. The number of fused-ring (bicyclic) bond motifs is 1. The Kier molecular flexibility index (Phi) is 7.04. The number of carbonyl (C=O) groups is 1. The first-order valence-electron chi connectivity index (χ1n) is 11.5. The fourth-order valence-corrected chi connectivity index (χ4v) is 4.86. The monoisotopic (exact) mass is 494 g/mol. The van der Waals surface area contributed by atoms with Gasteiger partial charge in [0.25, 0.3) is 0 Å². The summed E-state index contributed by atoms with van der Waals surface area (Å²) in [6.07, 6.45) is 2.33. The predicted octanol–water partition coefficient (Wildman–Crippen LogP) is 3.43. The molecular weight excluding hydrogens is 464 g/mol. The Hall–Kier alpha value is -3.50. The Balaban J connectivity index is 1.46. The van der Waals surface area contributed by atoms with Gasteiger partial charge in [-0.05, 0) is 37.6 Å². The van der Waals surface area contributed by atoms with Gasteiger partial charge in [0.1, 0.15) is 11.6 Å². The third kappa shape index (κ3) is 5.28. The largest absolute Gasteiger partial charge is 0.328 e. The molecule has 1 N–H and O–H groups in total. The summed E-state index contributed by atoms with van der Waals surface area (Å²) >= 11 is 0. The van der Waals surface area contributed by atoms with E-state index < -0.39 is 10.0 Å². The van der Waals surface area contributed by atoms with E-state index >= 15 is 0 Å². The maximum Gasteiger partial charge on any atom is 0.242 e. The van der Waals surface area contributed by atoms with Gasteiger partial charge >= 0.3 is 0 Å². The van der Waals surface area contributed by atoms with E-state index in [1.165, 1.54) is 24.0 Å². The van der Waals surface area contributed by atoms with Crippen LogP contribution in [-0.4, -0.2) is 52.1 Å². The molecule has 0 unspecified atom stereocenters. The fourth-order valence-electron chi connectivity index (χ4n) is 3.94. The van der Waals surface area contributed by atoms with Gasteiger partial charge in [0, 0.05) is 39.5 Å². The van der Waals surface area contributed by atoms with Crippen LogP contribution in [0.4, 0.5) is 5.82 Å². The first kappa shape index (κ1) is 24.6. The zero-order chi connectivity index (χ0) is 25.2. The topological polar surface area (TPSA) is 102 Å². The van der Waals surface area contributed by atoms with Crippen LogP contribution in [0.5, 0.6) is 0 Å². The number of sulfonamides is 1. The molecule has 2 aromatic heterocycles. The number of benzene rings is 2. The highest BCUT2D eigenvalue weighted by atomic mass is 32.2. The molecule has 0 aliphatic rings. The lowest BCUT2D eigenvalue weighted by Gasteiger charge is -2.11. The molecule has 0 saturated heterocycles. The number of anilines is 1. The van der Waals surface area contributed by atoms with Crippen molar-refractivity contribution in [2.24, 2.45) is 0 Å². The molecule has 2 heterocycles. The van der Waals surface area contributed by atoms with E-state index in [4.69, 9.17) is 0 Å². The summed E-state index contributed by atoms with van der Waals surface area (Å²) in [5, 5.41) is 7.28. The third-order valence-corrected chi connectivity index (χ3v) is 7.72. The zero-order valence-corrected chi connectivity index (χ0v) is 21.2. The van der Waals surface area contributed by atoms with Gasteiger partial charge < -0.3 is 9.88 Å². The Morgan fingerprint density at radius 2 is 1.83 bits per heavy atom. The van der Waals surface area contributed by atoms with Crippen molar-refractivity contribution in [2.75, 3.05) is 19.4 Å². The number of hydrogen-bond donors (Lipinski definition) is 1. The first-order chi connectivity index (χ1) is 16.7. The van der Waals surface area contributed by atoms with Crippen molar-refractivity contribution in [3.8, 4) is 0 Å². The summed E-state index contributed by atoms with van der Waals surface area (Å²) in [6.45, 7) is 5.27. The van der Waals surface area contributed by atoms with Gasteiger partial charge in [-0.2, -0.15) is 5.10 Å². The van der Waals surface area contributed by atoms with E-state index in [0.717, 1.165) is 16.9 Å². The molecule has 10 heteroatoms. The number of hydrogen-bond acceptors (Lipinski definition) is 5. The highest BCUT2D eigenvalue weighted by Crippen LogP contribution is 2.23. The Morgan fingerprint density at radius 3 is 2.51 bits per heavy atom. The molecule has 1 amide bonds. The number of nitrogens with zero attached hydrogens (tertiary/aromatic N) is 5. The lowest BCUT2D eigenvalue weighted by molar-refractivity contribution is -0.116. The highest BCUT2D eigenvalue weighted by molar-refractivity contribution is 7.89. The zero-order valence-electron chi connectivity index (χ0n) is 20.4. The predicted molar refractivity (Wildman–Crippen MR) is 136 cm³/mol. The second kappa shape index (κ2) is 10.0. The highest BCUT2D eigenvalue weighted by Gasteiger charge is 2.20. The number of nitrogens with one attached hydrogen (secondary N) is 1. The van der Waals surface area contributed by atoms with Crippen molar-refractivity contribution < 1.29 is 13.2 Å². The molecule has 4 aromatic rings. The lowest BCUT2D eigenvalue weighted by atomic mass is 10.1. The summed E-state index contributed by atoms with van der Waals surface area (Å²) < 4.78 is 29.9. The minimum Gasteiger partial charge on any atom is -0.328 e. The van der Waals surface area contributed by atoms with E-state index in [0.29, 0.717) is 30.8 Å². The molecule has 184 valence electrons. The van der Waals surface area contributed by atoms with Crippen molar-refractivity contribution >= 4 is 32.8 Å². The Labute approximate surface area is 205 Å². The quantitative estimate of drug-likeness (QED) is 0.384. The van der Waals surface area contributed by atoms with Crippen LogP contribution < -0.4 is 5.32 Å². The van der Waals surface area contributed by atoms with Crippen LogP contribution in [0.2, 0.25) is 0 Å². The number of carbonyl (C=O) groups excluding carboxylic acids is 1. The van der Waals surface area contributed by atoms with Crippen LogP contribution in [0.1, 0.15) is 30.3 Å². The molecule has 0 spiro atoms. The molecule has 35 heavy (non-hydrogen) atoms. The number of aryl methyl sites for hydroxylation is 3. The molecule has 0 bridgehead atoms. The molecular formula is C25H30N6O3S. The van der Waals surface area contributed by atoms with Crippen molar-refractivity contribution in [1.82, 2.24) is 23.6 Å². The van der Waals surface area contributed by atoms with Gasteiger partial charge in [0.15, 0.2) is 0 Å². The molecule has 2 aromatic carbocycles. The summed E-state index contributed by atoms with van der Waals surface area (Å²) in [6, 6.07) is 14.9. The second-order valence-electron chi connectivity index (χ2n) is 8.62. The lowest BCUT2D eigenvalue weighted by Crippen LogP contribution is -2.22. The van der Waals surface area contributed by atoms with Crippen LogP contribution in [0.3, 0.4) is 0 Å². The average Bonchev–Trinajstić information content (AvgIpc) is 3.41. The van der Waals surface area contributed by atoms with Crippen LogP contribution >= 0.6 is 0 Å². The van der Waals surface area contributed by atoms with Crippen LogP contribution in [-0.2, 0) is 34.3 Å². The van der Waals surface area contributed by atoms with E-state index in [2.05, 4.69) is 27.5 Å². The molecule has 9 nitrogen and oxygen atoms in total. The van der Waals surface area contributed by atoms with E-state index in [9.17, 15) is 13.2 Å². The van der Waals surface area contributed by atoms with Gasteiger partial charge in [0.2, 0.25) is 15.9 Å². The van der Waals surface area contributed by atoms with Crippen molar-refractivity contribution in [2.45, 2.75) is 44.7 Å². The van der Waals surface area contributed by atoms with E-state index in [1.54, 1.807) is 35.1 Å². The maximum atomic E-state index is 12.7. The summed E-state index contributed by atoms with van der Waals surface area (Å²) in [7, 11) is -0.549. The Morgan fingerprint density at radius 1 is 1.09 bits per heavy atom. The van der Waals surface area contributed by atoms with Gasteiger partial charge in [-0.1, -0.05) is 29.8 Å². The van der Waals surface area contributed by atoms with E-state index in [1.807, 2.05) is 30.5 Å². The van der Waals surface area contributed by atoms with Crippen LogP contribution in [0, 0.1) is 6.92 Å². The third-order valence-electron chi connectivity index (χ3n) is 5.91. The van der Waals surface area contributed by atoms with Crippen molar-refractivity contribution in [1.29, 1.82) is 0 Å². The molecule has 0 fully saturated rings. The van der Waals surface area contributed by atoms with Crippen molar-refractivity contribution in [3.05, 3.63) is 71.7 Å². The average molecular weight is 495 g/mol. The van der Waals surface area contributed by atoms with Gasteiger partial charge in [0.05, 0.1) is 28.7 Å². The number of aromatic nitrogens is 4. The summed E-state index contributed by atoms with van der Waals surface area (Å²) in [5.74, 6) is 1.24. The van der Waals surface area contributed by atoms with Gasteiger partial charge in [-0.15, -0.1) is 0 Å². The van der Waals surface area contributed by atoms with Crippen molar-refractivity contribution in [3.63, 3.8) is 0 Å². The first-order valence-corrected chi connectivity index (χ1v) is 12.9. The normalized spacial score (nSPS) is 11.9. The smallest absolute Gasteiger partial charge is 0.242 e. The Bertz CT molecular complexity index is 1450. The van der Waals surface area contributed by atoms with Crippen LogP contribution in [0.15, 0.2) is 59.6 Å². The number of rotatable bonds is 9. The number of imidazole rings is 1. The van der Waals surface area contributed by atoms with Crippen LogP contribution in [0.25, 0.3) is 11.0 Å². The molecule has 0 radical (unpaired) electrons. The molecule has 0 saturated carbocycles. The minimum absolute atomic E-state index is 0.138. The van der Waals surface area contributed by atoms with E-state index in [-0.39, 0.29) is 17.2 Å². The molecule has 4 rings (SSSR count). The standard InChI is InChI=1S/C25H30N6O3S/c1-5-30-22-11-10-20(35(33,34)29(3)4)16-21(22)27-23(30)12-13-25(32)28-24-14-15-26-31(24)17-19-8-6-18(2)7-9-19/h6-11,14-16H,5,12-13,17H2,1-4H3,(H,28,32). The fraction of sp³-hybridized carbons (Fsp3) is 0.320. The second-order valence-corrected chi connectivity index (χ2v) is 10.8. The van der Waals surface area contributed by atoms with Gasteiger partial charge in [-0.3, -0.25) is 4.79 Å². The minimum atomic E-state index is -3.55. The summed E-state index contributed by atoms with van der Waals surface area (Å²) in [4.78, 5) is 17.6.